The van der Waals surface area contributed by atoms with Crippen LogP contribution in [0.5, 0.6) is 0 Å². The van der Waals surface area contributed by atoms with Gasteiger partial charge in [-0.2, -0.15) is 0 Å². The van der Waals surface area contributed by atoms with Crippen molar-refractivity contribution in [2.75, 3.05) is 13.2 Å². The van der Waals surface area contributed by atoms with Crippen molar-refractivity contribution in [2.45, 2.75) is 19.8 Å². The molecule has 0 bridgehead atoms. The molecule has 130 valence electrons. The fraction of sp³-hybridized carbons (Fsp3) is 0.238. The lowest BCUT2D eigenvalue weighted by Gasteiger charge is -2.07. The summed E-state index contributed by atoms with van der Waals surface area (Å²) in [5.74, 6) is -0.471. The van der Waals surface area contributed by atoms with Gasteiger partial charge < -0.3 is 10.1 Å². The summed E-state index contributed by atoms with van der Waals surface area (Å²) in [4.78, 5) is 23.3. The molecule has 2 aromatic carbocycles. The number of rotatable bonds is 8. The van der Waals surface area contributed by atoms with E-state index in [9.17, 15) is 9.59 Å². The van der Waals surface area contributed by atoms with Crippen molar-refractivity contribution < 1.29 is 14.3 Å². The predicted octanol–water partition coefficient (Wildman–Crippen LogP) is 3.98. The highest BCUT2D eigenvalue weighted by atomic mass is 16.5. The lowest BCUT2D eigenvalue weighted by Crippen LogP contribution is -2.24. The van der Waals surface area contributed by atoms with Gasteiger partial charge >= 0.3 is 5.97 Å². The molecule has 2 aromatic rings. The second-order valence-corrected chi connectivity index (χ2v) is 5.82. The van der Waals surface area contributed by atoms with Crippen LogP contribution < -0.4 is 5.32 Å². The topological polar surface area (TPSA) is 55.4 Å². The van der Waals surface area contributed by atoms with Crippen molar-refractivity contribution in [3.63, 3.8) is 0 Å². The Balaban J connectivity index is 1.72. The van der Waals surface area contributed by atoms with Gasteiger partial charge in [-0.3, -0.25) is 4.79 Å². The smallest absolute Gasteiger partial charge is 0.333 e. The molecule has 1 N–H and O–H groups in total. The Morgan fingerprint density at radius 3 is 2.24 bits per heavy atom. The maximum absolute atomic E-state index is 12.1. The van der Waals surface area contributed by atoms with E-state index in [1.165, 1.54) is 0 Å². The highest BCUT2D eigenvalue weighted by Gasteiger charge is 2.06. The minimum Gasteiger partial charge on any atom is -0.462 e. The van der Waals surface area contributed by atoms with Crippen LogP contribution in [0.25, 0.3) is 11.1 Å². The molecule has 0 radical (unpaired) electrons. The van der Waals surface area contributed by atoms with E-state index in [1.807, 2.05) is 54.6 Å². The van der Waals surface area contributed by atoms with Crippen LogP contribution in [0.4, 0.5) is 0 Å². The number of unbranched alkanes of at least 4 members (excludes halogenated alkanes) is 1. The molecule has 0 spiro atoms. The SMILES string of the molecule is C=C(C)C(=O)OCCCCNC(=O)c1ccc(-c2ccccc2)cc1. The average Bonchev–Trinajstić information content (AvgIpc) is 2.65. The maximum atomic E-state index is 12.1. The van der Waals surface area contributed by atoms with Crippen LogP contribution >= 0.6 is 0 Å². The Labute approximate surface area is 148 Å². The summed E-state index contributed by atoms with van der Waals surface area (Å²) in [6, 6.07) is 17.6. The van der Waals surface area contributed by atoms with Crippen LogP contribution in [0.15, 0.2) is 66.7 Å². The van der Waals surface area contributed by atoms with Gasteiger partial charge in [0.2, 0.25) is 0 Å². The summed E-state index contributed by atoms with van der Waals surface area (Å²) in [6.45, 7) is 6.02. The summed E-state index contributed by atoms with van der Waals surface area (Å²) < 4.78 is 5.00. The molecule has 0 aliphatic rings. The lowest BCUT2D eigenvalue weighted by atomic mass is 10.0. The van der Waals surface area contributed by atoms with Gasteiger partial charge in [-0.1, -0.05) is 49.0 Å². The molecule has 0 atom stereocenters. The molecule has 0 saturated carbocycles. The van der Waals surface area contributed by atoms with Crippen molar-refractivity contribution in [2.24, 2.45) is 0 Å². The number of carbonyl (C=O) groups excluding carboxylic acids is 2. The number of nitrogens with one attached hydrogen (secondary N) is 1. The zero-order valence-corrected chi connectivity index (χ0v) is 14.5. The molecule has 0 aliphatic heterocycles. The van der Waals surface area contributed by atoms with E-state index in [0.717, 1.165) is 17.5 Å². The maximum Gasteiger partial charge on any atom is 0.333 e. The molecule has 0 saturated heterocycles. The molecule has 0 heterocycles. The lowest BCUT2D eigenvalue weighted by molar-refractivity contribution is -0.139. The van der Waals surface area contributed by atoms with Crippen LogP contribution in [0.2, 0.25) is 0 Å². The van der Waals surface area contributed by atoms with Gasteiger partial charge in [0.1, 0.15) is 0 Å². The minimum atomic E-state index is -0.373. The van der Waals surface area contributed by atoms with Crippen LogP contribution in [0.1, 0.15) is 30.1 Å². The summed E-state index contributed by atoms with van der Waals surface area (Å²) >= 11 is 0. The van der Waals surface area contributed by atoms with E-state index in [0.29, 0.717) is 30.7 Å². The average molecular weight is 337 g/mol. The number of hydrogen-bond acceptors (Lipinski definition) is 3. The molecule has 0 aliphatic carbocycles. The second kappa shape index (κ2) is 9.42. The Kier molecular flexibility index (Phi) is 6.96. The summed E-state index contributed by atoms with van der Waals surface area (Å²) in [6.07, 6.45) is 1.45. The number of benzene rings is 2. The third-order valence-electron chi connectivity index (χ3n) is 3.69. The monoisotopic (exact) mass is 337 g/mol. The molecular formula is C21H23NO3. The van der Waals surface area contributed by atoms with E-state index >= 15 is 0 Å². The van der Waals surface area contributed by atoms with Gasteiger partial charge in [0, 0.05) is 17.7 Å². The van der Waals surface area contributed by atoms with Crippen LogP contribution in [-0.2, 0) is 9.53 Å². The Bertz CT molecular complexity index is 721. The molecule has 0 fully saturated rings. The molecule has 0 aromatic heterocycles. The number of carbonyl (C=O) groups is 2. The largest absolute Gasteiger partial charge is 0.462 e. The Morgan fingerprint density at radius 1 is 0.960 bits per heavy atom. The first-order chi connectivity index (χ1) is 12.1. The van der Waals surface area contributed by atoms with Crippen molar-refractivity contribution in [3.8, 4) is 11.1 Å². The van der Waals surface area contributed by atoms with Crippen LogP contribution in [0.3, 0.4) is 0 Å². The molecule has 4 nitrogen and oxygen atoms in total. The quantitative estimate of drug-likeness (QED) is 0.450. The third-order valence-corrected chi connectivity index (χ3v) is 3.69. The summed E-state index contributed by atoms with van der Waals surface area (Å²) in [7, 11) is 0. The van der Waals surface area contributed by atoms with Crippen molar-refractivity contribution in [3.05, 3.63) is 72.3 Å². The van der Waals surface area contributed by atoms with E-state index in [-0.39, 0.29) is 11.9 Å². The number of hydrogen-bond donors (Lipinski definition) is 1. The first kappa shape index (κ1) is 18.5. The van der Waals surface area contributed by atoms with Gasteiger partial charge in [-0.05, 0) is 43.0 Å². The van der Waals surface area contributed by atoms with Crippen molar-refractivity contribution >= 4 is 11.9 Å². The number of ether oxygens (including phenoxy) is 1. The van der Waals surface area contributed by atoms with Crippen molar-refractivity contribution in [1.29, 1.82) is 0 Å². The second-order valence-electron chi connectivity index (χ2n) is 5.82. The number of esters is 1. The molecule has 0 unspecified atom stereocenters. The van der Waals surface area contributed by atoms with E-state index < -0.39 is 0 Å². The molecule has 25 heavy (non-hydrogen) atoms. The predicted molar refractivity (Wildman–Crippen MR) is 99.2 cm³/mol. The highest BCUT2D eigenvalue weighted by Crippen LogP contribution is 2.19. The van der Waals surface area contributed by atoms with Crippen LogP contribution in [0, 0.1) is 0 Å². The molecule has 1 amide bonds. The zero-order valence-electron chi connectivity index (χ0n) is 14.5. The highest BCUT2D eigenvalue weighted by molar-refractivity contribution is 5.94. The molecule has 4 heteroatoms. The first-order valence-electron chi connectivity index (χ1n) is 8.34. The van der Waals surface area contributed by atoms with Gasteiger partial charge in [0.15, 0.2) is 0 Å². The standard InChI is InChI=1S/C21H23NO3/c1-16(2)21(24)25-15-7-6-14-22-20(23)19-12-10-18(11-13-19)17-8-4-3-5-9-17/h3-5,8-13H,1,6-7,14-15H2,2H3,(H,22,23). The Hall–Kier alpha value is -2.88. The zero-order chi connectivity index (χ0) is 18.1. The van der Waals surface area contributed by atoms with Gasteiger partial charge in [-0.15, -0.1) is 0 Å². The van der Waals surface area contributed by atoms with E-state index in [1.54, 1.807) is 6.92 Å². The van der Waals surface area contributed by atoms with Crippen molar-refractivity contribution in [1.82, 2.24) is 5.32 Å². The molecular weight excluding hydrogens is 314 g/mol. The summed E-state index contributed by atoms with van der Waals surface area (Å²) in [5.41, 5.74) is 3.23. The minimum absolute atomic E-state index is 0.0986. The fourth-order valence-electron chi connectivity index (χ4n) is 2.26. The van der Waals surface area contributed by atoms with Gasteiger partial charge in [0.25, 0.3) is 5.91 Å². The van der Waals surface area contributed by atoms with Gasteiger partial charge in [0.05, 0.1) is 6.61 Å². The fourth-order valence-corrected chi connectivity index (χ4v) is 2.26. The van der Waals surface area contributed by atoms with E-state index in [2.05, 4.69) is 11.9 Å². The number of amides is 1. The summed E-state index contributed by atoms with van der Waals surface area (Å²) in [5, 5.41) is 2.87. The normalized spacial score (nSPS) is 10.1. The third kappa shape index (κ3) is 5.92. The van der Waals surface area contributed by atoms with Gasteiger partial charge in [-0.25, -0.2) is 4.79 Å². The first-order valence-corrected chi connectivity index (χ1v) is 8.34. The molecule has 2 rings (SSSR count). The van der Waals surface area contributed by atoms with Crippen LogP contribution in [-0.4, -0.2) is 25.0 Å². The van der Waals surface area contributed by atoms with E-state index in [4.69, 9.17) is 4.74 Å². The Morgan fingerprint density at radius 2 is 1.60 bits per heavy atom.